The molecule has 4 heterocycles. The lowest BCUT2D eigenvalue weighted by Gasteiger charge is -2.43. The number of nitrogens with one attached hydrogen (secondary N) is 2. The first-order valence-electron chi connectivity index (χ1n) is 15.6. The Morgan fingerprint density at radius 1 is 0.980 bits per heavy atom. The van der Waals surface area contributed by atoms with Gasteiger partial charge in [-0.05, 0) is 71.5 Å². The van der Waals surface area contributed by atoms with Crippen molar-refractivity contribution in [3.8, 4) is 17.0 Å². The Kier molecular flexibility index (Phi) is 9.38. The second-order valence-electron chi connectivity index (χ2n) is 14.0. The zero-order valence-electron chi connectivity index (χ0n) is 28.6. The molecule has 2 aliphatic rings. The molecule has 5 rings (SSSR count). The van der Waals surface area contributed by atoms with Crippen molar-refractivity contribution in [3.05, 3.63) is 35.9 Å². The van der Waals surface area contributed by atoms with E-state index in [1.165, 1.54) is 24.5 Å². The molecule has 0 unspecified atom stereocenters. The number of pyridine rings is 2. The van der Waals surface area contributed by atoms with Crippen LogP contribution in [0.25, 0.3) is 21.9 Å². The summed E-state index contributed by atoms with van der Waals surface area (Å²) < 4.78 is 52.7. The van der Waals surface area contributed by atoms with Crippen LogP contribution in [0, 0.1) is 12.7 Å². The molecule has 268 valence electrons. The Bertz CT molecular complexity index is 1870. The van der Waals surface area contributed by atoms with E-state index in [0.717, 1.165) is 9.80 Å². The van der Waals surface area contributed by atoms with Gasteiger partial charge >= 0.3 is 24.4 Å². The molecule has 17 heteroatoms. The first kappa shape index (κ1) is 35.8. The summed E-state index contributed by atoms with van der Waals surface area (Å²) in [6.45, 7) is 10.4. The van der Waals surface area contributed by atoms with E-state index < -0.39 is 53.7 Å². The SMILES string of the molecule is Cc1c(-c2cc3cc(NC(=O)OCC4(F)CN(C(=O)OC(C)(C)C)C4)ncc3c(NC(=O)OC(C)(C)C)c2F)cnc2c1N(C(=O)O)CCO2. The van der Waals surface area contributed by atoms with Gasteiger partial charge in [-0.3, -0.25) is 15.5 Å². The molecule has 0 aliphatic carbocycles. The Morgan fingerprint density at radius 2 is 1.66 bits per heavy atom. The number of aromatic nitrogens is 2. The number of hydrogen-bond donors (Lipinski definition) is 3. The highest BCUT2D eigenvalue weighted by atomic mass is 19.1. The van der Waals surface area contributed by atoms with E-state index in [1.54, 1.807) is 48.5 Å². The smallest absolute Gasteiger partial charge is 0.412 e. The molecule has 1 fully saturated rings. The van der Waals surface area contributed by atoms with Gasteiger partial charge in [-0.1, -0.05) is 0 Å². The van der Waals surface area contributed by atoms with Crippen molar-refractivity contribution in [2.75, 3.05) is 48.4 Å². The first-order chi connectivity index (χ1) is 23.2. The third-order valence-corrected chi connectivity index (χ3v) is 7.50. The Hall–Kier alpha value is -5.48. The number of nitrogens with zero attached hydrogens (tertiary/aromatic N) is 4. The number of carbonyl (C=O) groups excluding carboxylic acids is 3. The standard InChI is InChI=1S/C33H38F2N6O9/c1-17-20(12-37-26-25(17)41(29(44)45)8-9-47-26)19-10-18-11-22(36-13-21(18)24(23(19)34)39-28(43)49-31(2,3)4)38-27(42)48-16-33(35)14-40(15-33)30(46)50-32(5,6)7/h10-13H,8-9,14-16H2,1-7H3,(H,39,43)(H,44,45)(H,36,38,42). The lowest BCUT2D eigenvalue weighted by molar-refractivity contribution is -0.0740. The van der Waals surface area contributed by atoms with Crippen LogP contribution in [0.3, 0.4) is 0 Å². The Balaban J connectivity index is 1.43. The van der Waals surface area contributed by atoms with E-state index >= 15 is 8.78 Å². The van der Waals surface area contributed by atoms with E-state index in [9.17, 15) is 24.3 Å². The molecule has 0 atom stereocenters. The summed E-state index contributed by atoms with van der Waals surface area (Å²) in [4.78, 5) is 60.2. The number of hydrogen-bond acceptors (Lipinski definition) is 10. The van der Waals surface area contributed by atoms with Crippen molar-refractivity contribution >= 4 is 52.3 Å². The number of carboxylic acid groups (broad SMARTS) is 1. The fourth-order valence-corrected chi connectivity index (χ4v) is 5.38. The molecule has 2 aliphatic heterocycles. The van der Waals surface area contributed by atoms with Crippen LogP contribution in [0.4, 0.5) is 45.2 Å². The van der Waals surface area contributed by atoms with Gasteiger partial charge in [0.05, 0.1) is 25.3 Å². The van der Waals surface area contributed by atoms with Gasteiger partial charge < -0.3 is 29.0 Å². The molecule has 0 bridgehead atoms. The molecule has 2 aromatic heterocycles. The molecule has 3 N–H and O–H groups in total. The number of ether oxygens (including phenoxy) is 4. The van der Waals surface area contributed by atoms with E-state index in [1.807, 2.05) is 0 Å². The number of rotatable bonds is 5. The highest BCUT2D eigenvalue weighted by molar-refractivity contribution is 6.04. The number of halogens is 2. The maximum absolute atomic E-state index is 16.4. The lowest BCUT2D eigenvalue weighted by Crippen LogP contribution is -2.63. The van der Waals surface area contributed by atoms with E-state index in [4.69, 9.17) is 18.9 Å². The number of likely N-dealkylation sites (tertiary alicyclic amines) is 1. The average Bonchev–Trinajstić information content (AvgIpc) is 2.98. The van der Waals surface area contributed by atoms with Crippen molar-refractivity contribution in [2.24, 2.45) is 0 Å². The van der Waals surface area contributed by atoms with Crippen LogP contribution in [-0.4, -0.2) is 94.1 Å². The Morgan fingerprint density at radius 3 is 2.30 bits per heavy atom. The van der Waals surface area contributed by atoms with Gasteiger partial charge in [0.15, 0.2) is 11.5 Å². The maximum Gasteiger partial charge on any atom is 0.412 e. The van der Waals surface area contributed by atoms with Crippen LogP contribution in [0.15, 0.2) is 24.5 Å². The molecule has 3 aromatic rings. The van der Waals surface area contributed by atoms with Crippen LogP contribution in [0.2, 0.25) is 0 Å². The summed E-state index contributed by atoms with van der Waals surface area (Å²) in [6, 6.07) is 2.80. The van der Waals surface area contributed by atoms with Crippen LogP contribution in [0.1, 0.15) is 47.1 Å². The van der Waals surface area contributed by atoms with Gasteiger partial charge in [0.1, 0.15) is 35.9 Å². The number of amides is 4. The third kappa shape index (κ3) is 7.87. The fraction of sp³-hybridized carbons (Fsp3) is 0.455. The van der Waals surface area contributed by atoms with Gasteiger partial charge in [0.2, 0.25) is 5.88 Å². The molecule has 0 saturated carbocycles. The molecule has 50 heavy (non-hydrogen) atoms. The number of benzene rings is 1. The monoisotopic (exact) mass is 700 g/mol. The number of carbonyl (C=O) groups is 4. The van der Waals surface area contributed by atoms with Crippen LogP contribution < -0.4 is 20.3 Å². The topological polar surface area (TPSA) is 182 Å². The van der Waals surface area contributed by atoms with Crippen LogP contribution in [-0.2, 0) is 14.2 Å². The van der Waals surface area contributed by atoms with Gasteiger partial charge in [-0.2, -0.15) is 0 Å². The second kappa shape index (κ2) is 13.1. The van der Waals surface area contributed by atoms with Gasteiger partial charge in [0, 0.05) is 28.9 Å². The molecule has 0 radical (unpaired) electrons. The van der Waals surface area contributed by atoms with Gasteiger partial charge in [-0.25, -0.2) is 37.9 Å². The summed E-state index contributed by atoms with van der Waals surface area (Å²) in [6.07, 6.45) is -1.37. The number of alkyl halides is 1. The first-order valence-corrected chi connectivity index (χ1v) is 15.6. The minimum Gasteiger partial charge on any atom is -0.474 e. The largest absolute Gasteiger partial charge is 0.474 e. The summed E-state index contributed by atoms with van der Waals surface area (Å²) in [5, 5.41) is 15.1. The summed E-state index contributed by atoms with van der Waals surface area (Å²) in [5.41, 5.74) is -3.30. The summed E-state index contributed by atoms with van der Waals surface area (Å²) in [7, 11) is 0. The predicted octanol–water partition coefficient (Wildman–Crippen LogP) is 6.48. The minimum atomic E-state index is -1.97. The van der Waals surface area contributed by atoms with Crippen molar-refractivity contribution in [1.82, 2.24) is 14.9 Å². The molecular weight excluding hydrogens is 662 g/mol. The predicted molar refractivity (Wildman–Crippen MR) is 177 cm³/mol. The van der Waals surface area contributed by atoms with Crippen LogP contribution >= 0.6 is 0 Å². The second-order valence-corrected chi connectivity index (χ2v) is 14.0. The summed E-state index contributed by atoms with van der Waals surface area (Å²) >= 11 is 0. The van der Waals surface area contributed by atoms with Crippen molar-refractivity contribution in [2.45, 2.75) is 65.3 Å². The zero-order valence-corrected chi connectivity index (χ0v) is 28.6. The molecule has 1 saturated heterocycles. The van der Waals surface area contributed by atoms with E-state index in [0.29, 0.717) is 5.56 Å². The lowest BCUT2D eigenvalue weighted by atomic mass is 9.96. The molecular formula is C33H38F2N6O9. The maximum atomic E-state index is 16.4. The molecule has 0 spiro atoms. The highest BCUT2D eigenvalue weighted by Crippen LogP contribution is 2.42. The Labute approximate surface area is 285 Å². The van der Waals surface area contributed by atoms with Crippen molar-refractivity contribution < 1.29 is 52.0 Å². The average molecular weight is 701 g/mol. The molecule has 4 amide bonds. The quantitative estimate of drug-likeness (QED) is 0.248. The van der Waals surface area contributed by atoms with E-state index in [-0.39, 0.29) is 71.2 Å². The molecule has 15 nitrogen and oxygen atoms in total. The normalized spacial score (nSPS) is 15.3. The summed E-state index contributed by atoms with van der Waals surface area (Å²) in [5.74, 6) is -0.870. The van der Waals surface area contributed by atoms with Crippen molar-refractivity contribution in [1.29, 1.82) is 0 Å². The molecule has 1 aromatic carbocycles. The third-order valence-electron chi connectivity index (χ3n) is 7.50. The minimum absolute atomic E-state index is 0.0300. The fourth-order valence-electron chi connectivity index (χ4n) is 5.38. The van der Waals surface area contributed by atoms with Crippen LogP contribution in [0.5, 0.6) is 5.88 Å². The van der Waals surface area contributed by atoms with Gasteiger partial charge in [-0.15, -0.1) is 0 Å². The van der Waals surface area contributed by atoms with Gasteiger partial charge in [0.25, 0.3) is 0 Å². The number of fused-ring (bicyclic) bond motifs is 2. The highest BCUT2D eigenvalue weighted by Gasteiger charge is 2.48. The van der Waals surface area contributed by atoms with Crippen molar-refractivity contribution in [3.63, 3.8) is 0 Å². The van der Waals surface area contributed by atoms with E-state index in [2.05, 4.69) is 20.6 Å². The zero-order chi connectivity index (χ0) is 36.8. The number of anilines is 3.